The zero-order valence-electron chi connectivity index (χ0n) is 9.38. The number of carboxylic acids is 1. The van der Waals surface area contributed by atoms with Gasteiger partial charge in [0.15, 0.2) is 0 Å². The van der Waals surface area contributed by atoms with Crippen LogP contribution >= 0.6 is 0 Å². The number of amides is 1. The summed E-state index contributed by atoms with van der Waals surface area (Å²) in [6, 6.07) is 3.18. The summed E-state index contributed by atoms with van der Waals surface area (Å²) in [5.74, 6) is -1.28. The summed E-state index contributed by atoms with van der Waals surface area (Å²) in [7, 11) is 0. The number of carbonyl (C=O) groups excluding carboxylic acids is 1. The van der Waals surface area contributed by atoms with E-state index in [0.717, 1.165) is 5.56 Å². The molecule has 0 radical (unpaired) electrons. The third-order valence-corrected chi connectivity index (χ3v) is 2.33. The fourth-order valence-electron chi connectivity index (χ4n) is 1.49. The van der Waals surface area contributed by atoms with Gasteiger partial charge in [-0.25, -0.2) is 0 Å². The molecular weight excluding hydrogens is 238 g/mol. The summed E-state index contributed by atoms with van der Waals surface area (Å²) in [6.07, 6.45) is 4.01. The minimum Gasteiger partial charge on any atom is -0.481 e. The van der Waals surface area contributed by atoms with E-state index in [1.165, 1.54) is 24.9 Å². The minimum atomic E-state index is -1.05. The summed E-state index contributed by atoms with van der Waals surface area (Å²) in [5, 5.41) is 11.3. The molecule has 2 heterocycles. The van der Waals surface area contributed by atoms with Crippen LogP contribution in [-0.2, 0) is 17.8 Å². The number of carboxylic acid groups (broad SMARTS) is 1. The van der Waals surface area contributed by atoms with E-state index in [1.807, 2.05) is 0 Å². The van der Waals surface area contributed by atoms with E-state index >= 15 is 0 Å². The SMILES string of the molecule is O=C(O)Cc1occc1C(=O)NCc1ccoc1. The quantitative estimate of drug-likeness (QED) is 0.836. The van der Waals surface area contributed by atoms with Gasteiger partial charge in [0.05, 0.1) is 24.4 Å². The zero-order chi connectivity index (χ0) is 13.0. The molecule has 2 aromatic rings. The van der Waals surface area contributed by atoms with E-state index < -0.39 is 5.97 Å². The van der Waals surface area contributed by atoms with E-state index in [9.17, 15) is 9.59 Å². The Labute approximate surface area is 102 Å². The molecule has 0 saturated heterocycles. The molecule has 0 aromatic carbocycles. The molecule has 0 aliphatic heterocycles. The van der Waals surface area contributed by atoms with Crippen LogP contribution in [0.3, 0.4) is 0 Å². The highest BCUT2D eigenvalue weighted by atomic mass is 16.4. The van der Waals surface area contributed by atoms with Crippen molar-refractivity contribution < 1.29 is 23.5 Å². The van der Waals surface area contributed by atoms with E-state index in [1.54, 1.807) is 6.07 Å². The van der Waals surface area contributed by atoms with Crippen LogP contribution in [0.25, 0.3) is 0 Å². The molecule has 0 bridgehead atoms. The van der Waals surface area contributed by atoms with Gasteiger partial charge < -0.3 is 19.3 Å². The first-order valence-corrected chi connectivity index (χ1v) is 5.24. The van der Waals surface area contributed by atoms with Crippen LogP contribution in [0.2, 0.25) is 0 Å². The molecule has 2 aromatic heterocycles. The highest BCUT2D eigenvalue weighted by Crippen LogP contribution is 2.11. The second-order valence-electron chi connectivity index (χ2n) is 3.64. The van der Waals surface area contributed by atoms with Gasteiger partial charge in [-0.15, -0.1) is 0 Å². The molecule has 0 unspecified atom stereocenters. The third-order valence-electron chi connectivity index (χ3n) is 2.33. The molecule has 2 rings (SSSR count). The van der Waals surface area contributed by atoms with Crippen molar-refractivity contribution in [2.75, 3.05) is 0 Å². The van der Waals surface area contributed by atoms with Gasteiger partial charge in [-0.2, -0.15) is 0 Å². The van der Waals surface area contributed by atoms with Gasteiger partial charge in [-0.3, -0.25) is 9.59 Å². The molecule has 0 aliphatic carbocycles. The molecule has 6 heteroatoms. The van der Waals surface area contributed by atoms with Crippen LogP contribution in [-0.4, -0.2) is 17.0 Å². The minimum absolute atomic E-state index is 0.146. The van der Waals surface area contributed by atoms with Crippen molar-refractivity contribution in [2.24, 2.45) is 0 Å². The Kier molecular flexibility index (Phi) is 3.47. The van der Waals surface area contributed by atoms with Gasteiger partial charge in [-0.1, -0.05) is 0 Å². The predicted molar refractivity (Wildman–Crippen MR) is 59.9 cm³/mol. The van der Waals surface area contributed by atoms with E-state index in [-0.39, 0.29) is 23.7 Å². The molecular formula is C12H11NO5. The molecule has 0 atom stereocenters. The van der Waals surface area contributed by atoms with Gasteiger partial charge in [0, 0.05) is 12.1 Å². The van der Waals surface area contributed by atoms with Crippen LogP contribution < -0.4 is 5.32 Å². The second-order valence-corrected chi connectivity index (χ2v) is 3.64. The summed E-state index contributed by atoms with van der Waals surface area (Å²) in [5.41, 5.74) is 1.06. The average Bonchev–Trinajstić information content (AvgIpc) is 2.95. The first-order valence-electron chi connectivity index (χ1n) is 5.24. The zero-order valence-corrected chi connectivity index (χ0v) is 9.38. The van der Waals surface area contributed by atoms with Gasteiger partial charge in [0.1, 0.15) is 12.2 Å². The Balaban J connectivity index is 2.00. The van der Waals surface area contributed by atoms with Crippen molar-refractivity contribution in [3.63, 3.8) is 0 Å². The number of rotatable bonds is 5. The Morgan fingerprint density at radius 1 is 1.28 bits per heavy atom. The van der Waals surface area contributed by atoms with Crippen LogP contribution in [0, 0.1) is 0 Å². The Hall–Kier alpha value is -2.50. The number of carbonyl (C=O) groups is 2. The average molecular weight is 249 g/mol. The van der Waals surface area contributed by atoms with Crippen molar-refractivity contribution in [1.82, 2.24) is 5.32 Å². The van der Waals surface area contributed by atoms with Gasteiger partial charge in [0.25, 0.3) is 5.91 Å². The Bertz CT molecular complexity index is 541. The molecule has 18 heavy (non-hydrogen) atoms. The van der Waals surface area contributed by atoms with Crippen molar-refractivity contribution in [1.29, 1.82) is 0 Å². The highest BCUT2D eigenvalue weighted by molar-refractivity contribution is 5.95. The lowest BCUT2D eigenvalue weighted by Crippen LogP contribution is -2.23. The van der Waals surface area contributed by atoms with Crippen molar-refractivity contribution >= 4 is 11.9 Å². The first kappa shape index (κ1) is 12.0. The summed E-state index contributed by atoms with van der Waals surface area (Å²) >= 11 is 0. The monoisotopic (exact) mass is 249 g/mol. The largest absolute Gasteiger partial charge is 0.481 e. The van der Waals surface area contributed by atoms with E-state index in [0.29, 0.717) is 6.54 Å². The van der Waals surface area contributed by atoms with Crippen molar-refractivity contribution in [3.8, 4) is 0 Å². The molecule has 94 valence electrons. The maximum absolute atomic E-state index is 11.8. The Morgan fingerprint density at radius 3 is 2.78 bits per heavy atom. The van der Waals surface area contributed by atoms with Gasteiger partial charge in [-0.05, 0) is 12.1 Å². The molecule has 6 nitrogen and oxygen atoms in total. The molecule has 2 N–H and O–H groups in total. The number of hydrogen-bond donors (Lipinski definition) is 2. The van der Waals surface area contributed by atoms with Crippen LogP contribution in [0.4, 0.5) is 0 Å². The van der Waals surface area contributed by atoms with Crippen molar-refractivity contribution in [3.05, 3.63) is 47.8 Å². The summed E-state index contributed by atoms with van der Waals surface area (Å²) in [6.45, 7) is 0.313. The van der Waals surface area contributed by atoms with Gasteiger partial charge in [0.2, 0.25) is 0 Å². The van der Waals surface area contributed by atoms with Crippen LogP contribution in [0.5, 0.6) is 0 Å². The Morgan fingerprint density at radius 2 is 2.11 bits per heavy atom. The fraction of sp³-hybridized carbons (Fsp3) is 0.167. The number of aliphatic carboxylic acids is 1. The number of furan rings is 2. The lowest BCUT2D eigenvalue weighted by Gasteiger charge is -2.02. The predicted octanol–water partition coefficient (Wildman–Crippen LogP) is 1.43. The normalized spacial score (nSPS) is 10.2. The number of nitrogens with one attached hydrogen (secondary N) is 1. The summed E-state index contributed by atoms with van der Waals surface area (Å²) in [4.78, 5) is 22.4. The fourth-order valence-corrected chi connectivity index (χ4v) is 1.49. The lowest BCUT2D eigenvalue weighted by atomic mass is 10.2. The summed E-state index contributed by atoms with van der Waals surface area (Å²) < 4.78 is 9.84. The molecule has 1 amide bonds. The molecule has 0 saturated carbocycles. The smallest absolute Gasteiger partial charge is 0.311 e. The van der Waals surface area contributed by atoms with E-state index in [2.05, 4.69) is 5.32 Å². The third kappa shape index (κ3) is 2.79. The van der Waals surface area contributed by atoms with Gasteiger partial charge >= 0.3 is 5.97 Å². The maximum atomic E-state index is 11.8. The van der Waals surface area contributed by atoms with E-state index in [4.69, 9.17) is 13.9 Å². The molecule has 0 spiro atoms. The standard InChI is InChI=1S/C12H11NO5/c14-11(15)5-10-9(2-4-18-10)12(16)13-6-8-1-3-17-7-8/h1-4,7H,5-6H2,(H,13,16)(H,14,15). The van der Waals surface area contributed by atoms with Crippen molar-refractivity contribution in [2.45, 2.75) is 13.0 Å². The lowest BCUT2D eigenvalue weighted by molar-refractivity contribution is -0.136. The molecule has 0 aliphatic rings. The molecule has 0 fully saturated rings. The maximum Gasteiger partial charge on any atom is 0.311 e. The topological polar surface area (TPSA) is 92.7 Å². The van der Waals surface area contributed by atoms with Crippen LogP contribution in [0.15, 0.2) is 39.8 Å². The second kappa shape index (κ2) is 5.22. The van der Waals surface area contributed by atoms with Crippen LogP contribution in [0.1, 0.15) is 21.7 Å². The highest BCUT2D eigenvalue weighted by Gasteiger charge is 2.16. The first-order chi connectivity index (χ1) is 8.66. The number of hydrogen-bond acceptors (Lipinski definition) is 4.